The van der Waals surface area contributed by atoms with Gasteiger partial charge in [-0.05, 0) is 47.0 Å². The molecule has 2 rings (SSSR count). The maximum atomic E-state index is 10.8. The molecular weight excluding hydrogens is 336 g/mol. The van der Waals surface area contributed by atoms with Crippen LogP contribution in [0.1, 0.15) is 66.7 Å². The van der Waals surface area contributed by atoms with E-state index in [1.165, 1.54) is 12.8 Å². The van der Waals surface area contributed by atoms with Gasteiger partial charge >= 0.3 is 0 Å². The summed E-state index contributed by atoms with van der Waals surface area (Å²) in [7, 11) is 0. The van der Waals surface area contributed by atoms with Crippen molar-refractivity contribution < 1.29 is 29.2 Å². The lowest BCUT2D eigenvalue weighted by molar-refractivity contribution is -0.179. The Hall–Kier alpha value is -0.500. The molecule has 6 nitrogen and oxygen atoms in total. The fraction of sp³-hybridized carbons (Fsp3) is 0.900. The summed E-state index contributed by atoms with van der Waals surface area (Å²) in [4.78, 5) is 0. The molecule has 2 aliphatic heterocycles. The van der Waals surface area contributed by atoms with Crippen molar-refractivity contribution in [3.63, 3.8) is 0 Å². The molecule has 0 aromatic carbocycles. The summed E-state index contributed by atoms with van der Waals surface area (Å²) >= 11 is 0. The first-order chi connectivity index (χ1) is 12.2. The van der Waals surface area contributed by atoms with E-state index < -0.39 is 42.1 Å². The van der Waals surface area contributed by atoms with Gasteiger partial charge in [-0.3, -0.25) is 0 Å². The van der Waals surface area contributed by atoms with Crippen LogP contribution in [0.15, 0.2) is 12.2 Å². The van der Waals surface area contributed by atoms with E-state index >= 15 is 0 Å². The van der Waals surface area contributed by atoms with Crippen molar-refractivity contribution in [1.29, 1.82) is 0 Å². The van der Waals surface area contributed by atoms with Crippen molar-refractivity contribution in [3.8, 4) is 0 Å². The SMILES string of the molecule is CCCCC/C=C\C[C@@H](O)[C@H]1OC(C)(C)O[C@H]1[C@H](O)[C@H]1COC(C)(C)O1. The predicted molar refractivity (Wildman–Crippen MR) is 98.6 cm³/mol. The van der Waals surface area contributed by atoms with E-state index in [1.807, 2.05) is 19.9 Å². The van der Waals surface area contributed by atoms with Crippen LogP contribution < -0.4 is 0 Å². The minimum absolute atomic E-state index is 0.286. The van der Waals surface area contributed by atoms with Crippen LogP contribution in [0.4, 0.5) is 0 Å². The first kappa shape index (κ1) is 21.8. The minimum atomic E-state index is -0.938. The van der Waals surface area contributed by atoms with Gasteiger partial charge in [0.15, 0.2) is 11.6 Å². The Morgan fingerprint density at radius 3 is 2.27 bits per heavy atom. The molecule has 2 saturated heterocycles. The summed E-state index contributed by atoms with van der Waals surface area (Å²) in [5, 5.41) is 21.4. The van der Waals surface area contributed by atoms with E-state index in [-0.39, 0.29) is 6.61 Å². The van der Waals surface area contributed by atoms with Crippen LogP contribution in [0.2, 0.25) is 0 Å². The van der Waals surface area contributed by atoms with Gasteiger partial charge in [-0.25, -0.2) is 0 Å². The summed E-state index contributed by atoms with van der Waals surface area (Å²) in [5.74, 6) is -1.59. The predicted octanol–water partition coefficient (Wildman–Crippen LogP) is 2.91. The molecule has 0 amide bonds. The molecule has 2 N–H and O–H groups in total. The molecule has 26 heavy (non-hydrogen) atoms. The van der Waals surface area contributed by atoms with Gasteiger partial charge in [0.25, 0.3) is 0 Å². The number of allylic oxidation sites excluding steroid dienone is 1. The Morgan fingerprint density at radius 1 is 0.962 bits per heavy atom. The van der Waals surface area contributed by atoms with E-state index in [1.54, 1.807) is 13.8 Å². The molecule has 0 aromatic heterocycles. The topological polar surface area (TPSA) is 77.4 Å². The molecule has 5 atom stereocenters. The van der Waals surface area contributed by atoms with Crippen molar-refractivity contribution in [3.05, 3.63) is 12.2 Å². The first-order valence-corrected chi connectivity index (χ1v) is 9.84. The van der Waals surface area contributed by atoms with Gasteiger partial charge in [0.2, 0.25) is 0 Å². The summed E-state index contributed by atoms with van der Waals surface area (Å²) in [6.07, 6.45) is 5.65. The maximum absolute atomic E-state index is 10.8. The standard InChI is InChI=1S/C20H36O6/c1-6-7-8-9-10-11-12-14(21)17-18(26-20(4,5)25-17)16(22)15-13-23-19(2,3)24-15/h10-11,14-18,21-22H,6-9,12-13H2,1-5H3/b11-10-/t14-,15-,16-,17-,18+/m1/s1. The molecule has 0 aromatic rings. The van der Waals surface area contributed by atoms with Gasteiger partial charge in [-0.15, -0.1) is 0 Å². The summed E-state index contributed by atoms with van der Waals surface area (Å²) in [5.41, 5.74) is 0. The van der Waals surface area contributed by atoms with Crippen LogP contribution >= 0.6 is 0 Å². The highest BCUT2D eigenvalue weighted by molar-refractivity contribution is 4.97. The zero-order valence-electron chi connectivity index (χ0n) is 16.8. The molecule has 6 heteroatoms. The normalized spacial score (nSPS) is 33.0. The summed E-state index contributed by atoms with van der Waals surface area (Å²) < 4.78 is 23.1. The number of aliphatic hydroxyl groups is 2. The third-order valence-corrected chi connectivity index (χ3v) is 4.81. The van der Waals surface area contributed by atoms with Crippen molar-refractivity contribution in [1.82, 2.24) is 0 Å². The highest BCUT2D eigenvalue weighted by Crippen LogP contribution is 2.36. The molecular formula is C20H36O6. The van der Waals surface area contributed by atoms with Crippen molar-refractivity contribution in [2.45, 2.75) is 109 Å². The molecule has 0 radical (unpaired) electrons. The van der Waals surface area contributed by atoms with Crippen LogP contribution in [-0.2, 0) is 18.9 Å². The zero-order chi connectivity index (χ0) is 19.4. The number of hydrogen-bond donors (Lipinski definition) is 2. The zero-order valence-corrected chi connectivity index (χ0v) is 16.8. The number of ether oxygens (including phenoxy) is 4. The fourth-order valence-corrected chi connectivity index (χ4v) is 3.47. The molecule has 2 aliphatic rings. The third-order valence-electron chi connectivity index (χ3n) is 4.81. The first-order valence-electron chi connectivity index (χ1n) is 9.84. The van der Waals surface area contributed by atoms with E-state index in [0.29, 0.717) is 6.42 Å². The molecule has 152 valence electrons. The van der Waals surface area contributed by atoms with Gasteiger partial charge in [-0.1, -0.05) is 31.9 Å². The second-order valence-corrected chi connectivity index (χ2v) is 8.19. The Morgan fingerprint density at radius 2 is 1.65 bits per heavy atom. The van der Waals surface area contributed by atoms with Crippen molar-refractivity contribution in [2.24, 2.45) is 0 Å². The van der Waals surface area contributed by atoms with Gasteiger partial charge < -0.3 is 29.2 Å². The second-order valence-electron chi connectivity index (χ2n) is 8.19. The molecule has 0 unspecified atom stereocenters. The van der Waals surface area contributed by atoms with Crippen LogP contribution in [0.3, 0.4) is 0 Å². The maximum Gasteiger partial charge on any atom is 0.164 e. The van der Waals surface area contributed by atoms with Gasteiger partial charge in [-0.2, -0.15) is 0 Å². The van der Waals surface area contributed by atoms with E-state index in [4.69, 9.17) is 18.9 Å². The Labute approximate surface area is 157 Å². The van der Waals surface area contributed by atoms with E-state index in [2.05, 4.69) is 13.0 Å². The molecule has 0 aliphatic carbocycles. The van der Waals surface area contributed by atoms with Crippen molar-refractivity contribution in [2.75, 3.05) is 6.61 Å². The largest absolute Gasteiger partial charge is 0.390 e. The Kier molecular flexibility index (Phi) is 7.65. The lowest BCUT2D eigenvalue weighted by Gasteiger charge is -2.28. The van der Waals surface area contributed by atoms with Gasteiger partial charge in [0, 0.05) is 0 Å². The second kappa shape index (κ2) is 9.13. The monoisotopic (exact) mass is 372 g/mol. The van der Waals surface area contributed by atoms with Crippen LogP contribution in [-0.4, -0.2) is 58.9 Å². The number of aliphatic hydroxyl groups excluding tert-OH is 2. The number of unbranched alkanes of at least 4 members (excludes halogenated alkanes) is 3. The van der Waals surface area contributed by atoms with Gasteiger partial charge in [0.1, 0.15) is 24.4 Å². The Bertz CT molecular complexity index is 461. The average Bonchev–Trinajstić information content (AvgIpc) is 3.08. The third kappa shape index (κ3) is 6.01. The van der Waals surface area contributed by atoms with E-state index in [9.17, 15) is 10.2 Å². The summed E-state index contributed by atoms with van der Waals surface area (Å²) in [6.45, 7) is 9.66. The van der Waals surface area contributed by atoms with Crippen LogP contribution in [0.25, 0.3) is 0 Å². The number of rotatable bonds is 9. The fourth-order valence-electron chi connectivity index (χ4n) is 3.47. The minimum Gasteiger partial charge on any atom is -0.390 e. The molecule has 0 spiro atoms. The quantitative estimate of drug-likeness (QED) is 0.479. The average molecular weight is 373 g/mol. The Balaban J connectivity index is 1.94. The summed E-state index contributed by atoms with van der Waals surface area (Å²) in [6, 6.07) is 0. The smallest absolute Gasteiger partial charge is 0.164 e. The molecule has 2 heterocycles. The van der Waals surface area contributed by atoms with Crippen molar-refractivity contribution >= 4 is 0 Å². The lowest BCUT2D eigenvalue weighted by Crippen LogP contribution is -2.48. The van der Waals surface area contributed by atoms with Crippen LogP contribution in [0, 0.1) is 0 Å². The van der Waals surface area contributed by atoms with Gasteiger partial charge in [0.05, 0.1) is 12.7 Å². The lowest BCUT2D eigenvalue weighted by atomic mass is 9.97. The van der Waals surface area contributed by atoms with E-state index in [0.717, 1.165) is 12.8 Å². The van der Waals surface area contributed by atoms with Crippen LogP contribution in [0.5, 0.6) is 0 Å². The number of hydrogen-bond acceptors (Lipinski definition) is 6. The highest BCUT2D eigenvalue weighted by Gasteiger charge is 2.51. The molecule has 0 saturated carbocycles. The highest BCUT2D eigenvalue weighted by atomic mass is 16.8. The molecule has 2 fully saturated rings. The molecule has 0 bridgehead atoms.